The van der Waals surface area contributed by atoms with Crippen molar-refractivity contribution in [2.45, 2.75) is 25.8 Å². The summed E-state index contributed by atoms with van der Waals surface area (Å²) in [5, 5.41) is 9.51. The summed E-state index contributed by atoms with van der Waals surface area (Å²) in [5.41, 5.74) is 0.570. The molecule has 0 unspecified atom stereocenters. The van der Waals surface area contributed by atoms with Crippen molar-refractivity contribution in [1.29, 1.82) is 0 Å². The highest BCUT2D eigenvalue weighted by Crippen LogP contribution is 2.17. The number of carbonyl (C=O) groups excluding carboxylic acids is 1. The first-order chi connectivity index (χ1) is 13.7. The average molecular weight is 400 g/mol. The number of nitrogens with zero attached hydrogens (tertiary/aromatic N) is 4. The highest BCUT2D eigenvalue weighted by atomic mass is 32.1. The first-order valence-electron chi connectivity index (χ1n) is 9.77. The van der Waals surface area contributed by atoms with Crippen LogP contribution in [0.25, 0.3) is 5.65 Å². The number of nitrogens with one attached hydrogen (secondary N) is 1. The lowest BCUT2D eigenvalue weighted by molar-refractivity contribution is -0.126. The minimum atomic E-state index is -0.101. The van der Waals surface area contributed by atoms with Gasteiger partial charge < -0.3 is 10.2 Å². The normalized spacial score (nSPS) is 15.9. The Kier molecular flexibility index (Phi) is 5.87. The third-order valence-electron chi connectivity index (χ3n) is 5.33. The molecule has 0 aliphatic carbocycles. The molecular weight excluding hydrogens is 374 g/mol. The van der Waals surface area contributed by atoms with Gasteiger partial charge in [0, 0.05) is 30.1 Å². The van der Waals surface area contributed by atoms with E-state index < -0.39 is 0 Å². The zero-order valence-electron chi connectivity index (χ0n) is 15.8. The van der Waals surface area contributed by atoms with Gasteiger partial charge in [-0.3, -0.25) is 9.20 Å². The summed E-state index contributed by atoms with van der Waals surface area (Å²) in [7, 11) is 0. The van der Waals surface area contributed by atoms with E-state index in [4.69, 9.17) is 0 Å². The Hall–Kier alpha value is -2.45. The van der Waals surface area contributed by atoms with Gasteiger partial charge in [0.15, 0.2) is 5.65 Å². The van der Waals surface area contributed by atoms with Gasteiger partial charge in [0.1, 0.15) is 0 Å². The second kappa shape index (κ2) is 8.70. The van der Waals surface area contributed by atoms with Crippen molar-refractivity contribution in [2.75, 3.05) is 26.2 Å². The summed E-state index contributed by atoms with van der Waals surface area (Å²) in [4.78, 5) is 28.3. The third-order valence-corrected chi connectivity index (χ3v) is 6.26. The molecule has 0 aromatic carbocycles. The molecule has 0 saturated carbocycles. The summed E-state index contributed by atoms with van der Waals surface area (Å²) in [6.45, 7) is 3.81. The summed E-state index contributed by atoms with van der Waals surface area (Å²) >= 11 is 1.73. The standard InChI is InChI=1S/C20H25N5O2S/c26-19(21-9-6-17-4-3-15-28-17)16-7-11-23(12-8-16)13-14-25-20(27)24-10-2-1-5-18(24)22-25/h1-5,10,15-16H,6-9,11-14H2,(H,21,26). The summed E-state index contributed by atoms with van der Waals surface area (Å²) in [6.07, 6.45) is 4.37. The Bertz CT molecular complexity index is 970. The van der Waals surface area contributed by atoms with Gasteiger partial charge in [-0.05, 0) is 55.9 Å². The molecule has 0 radical (unpaired) electrons. The number of rotatable bonds is 7. The number of likely N-dealkylation sites (tertiary alicyclic amines) is 1. The molecule has 1 aliphatic heterocycles. The quantitative estimate of drug-likeness (QED) is 0.656. The van der Waals surface area contributed by atoms with Crippen LogP contribution in [0.4, 0.5) is 0 Å². The zero-order valence-corrected chi connectivity index (χ0v) is 16.6. The number of amides is 1. The maximum atomic E-state index is 12.4. The number of hydrogen-bond donors (Lipinski definition) is 1. The molecule has 1 N–H and O–H groups in total. The maximum absolute atomic E-state index is 12.4. The fourth-order valence-electron chi connectivity index (χ4n) is 3.68. The lowest BCUT2D eigenvalue weighted by Crippen LogP contribution is -2.42. The van der Waals surface area contributed by atoms with Gasteiger partial charge in [-0.15, -0.1) is 16.4 Å². The molecule has 1 aliphatic rings. The SMILES string of the molecule is O=C(NCCc1cccs1)C1CCN(CCn2nc3ccccn3c2=O)CC1. The number of piperidine rings is 1. The number of pyridine rings is 1. The Balaban J connectivity index is 1.21. The van der Waals surface area contributed by atoms with Gasteiger partial charge >= 0.3 is 5.69 Å². The van der Waals surface area contributed by atoms with Crippen LogP contribution in [-0.4, -0.2) is 51.2 Å². The number of fused-ring (bicyclic) bond motifs is 1. The average Bonchev–Trinajstić information content (AvgIpc) is 3.35. The van der Waals surface area contributed by atoms with Crippen LogP contribution in [0.2, 0.25) is 0 Å². The number of carbonyl (C=O) groups is 1. The van der Waals surface area contributed by atoms with E-state index in [0.717, 1.165) is 38.9 Å². The molecule has 7 nitrogen and oxygen atoms in total. The predicted octanol–water partition coefficient (Wildman–Crippen LogP) is 1.63. The minimum absolute atomic E-state index is 0.0949. The van der Waals surface area contributed by atoms with Crippen molar-refractivity contribution >= 4 is 22.9 Å². The van der Waals surface area contributed by atoms with Crippen LogP contribution in [0.3, 0.4) is 0 Å². The molecule has 1 amide bonds. The van der Waals surface area contributed by atoms with Crippen molar-refractivity contribution in [3.8, 4) is 0 Å². The minimum Gasteiger partial charge on any atom is -0.355 e. The van der Waals surface area contributed by atoms with Crippen LogP contribution in [0.1, 0.15) is 17.7 Å². The topological polar surface area (TPSA) is 71.6 Å². The molecular formula is C20H25N5O2S. The van der Waals surface area contributed by atoms with Crippen LogP contribution >= 0.6 is 11.3 Å². The number of hydrogen-bond acceptors (Lipinski definition) is 5. The first-order valence-corrected chi connectivity index (χ1v) is 10.7. The number of thiophene rings is 1. The Morgan fingerprint density at radius 3 is 2.79 bits per heavy atom. The molecule has 148 valence electrons. The molecule has 4 heterocycles. The molecule has 3 aromatic rings. The van der Waals surface area contributed by atoms with Gasteiger partial charge in [0.05, 0.1) is 6.54 Å². The second-order valence-corrected chi connectivity index (χ2v) is 8.20. The Morgan fingerprint density at radius 1 is 1.18 bits per heavy atom. The van der Waals surface area contributed by atoms with Crippen LogP contribution < -0.4 is 11.0 Å². The van der Waals surface area contributed by atoms with E-state index in [0.29, 0.717) is 18.7 Å². The highest BCUT2D eigenvalue weighted by Gasteiger charge is 2.24. The van der Waals surface area contributed by atoms with Crippen molar-refractivity contribution in [3.63, 3.8) is 0 Å². The van der Waals surface area contributed by atoms with E-state index in [-0.39, 0.29) is 17.5 Å². The smallest absolute Gasteiger partial charge is 0.350 e. The van der Waals surface area contributed by atoms with Crippen LogP contribution in [0, 0.1) is 5.92 Å². The summed E-state index contributed by atoms with van der Waals surface area (Å²) in [6, 6.07) is 9.68. The monoisotopic (exact) mass is 399 g/mol. The van der Waals surface area contributed by atoms with Gasteiger partial charge in [-0.25, -0.2) is 9.48 Å². The van der Waals surface area contributed by atoms with Gasteiger partial charge in [-0.2, -0.15) is 0 Å². The fourth-order valence-corrected chi connectivity index (χ4v) is 4.39. The van der Waals surface area contributed by atoms with Crippen molar-refractivity contribution in [3.05, 3.63) is 57.3 Å². The van der Waals surface area contributed by atoms with E-state index in [1.165, 1.54) is 9.56 Å². The second-order valence-electron chi connectivity index (χ2n) is 7.17. The van der Waals surface area contributed by atoms with E-state index in [1.807, 2.05) is 24.3 Å². The van der Waals surface area contributed by atoms with Crippen LogP contribution in [-0.2, 0) is 17.8 Å². The zero-order chi connectivity index (χ0) is 19.3. The van der Waals surface area contributed by atoms with Gasteiger partial charge in [0.25, 0.3) is 0 Å². The summed E-state index contributed by atoms with van der Waals surface area (Å²) in [5.74, 6) is 0.269. The van der Waals surface area contributed by atoms with E-state index in [9.17, 15) is 9.59 Å². The lowest BCUT2D eigenvalue weighted by atomic mass is 9.96. The van der Waals surface area contributed by atoms with Gasteiger partial charge in [-0.1, -0.05) is 12.1 Å². The van der Waals surface area contributed by atoms with Crippen molar-refractivity contribution < 1.29 is 4.79 Å². The largest absolute Gasteiger partial charge is 0.355 e. The highest BCUT2D eigenvalue weighted by molar-refractivity contribution is 7.09. The lowest BCUT2D eigenvalue weighted by Gasteiger charge is -2.31. The molecule has 3 aromatic heterocycles. The molecule has 0 atom stereocenters. The predicted molar refractivity (Wildman–Crippen MR) is 110 cm³/mol. The van der Waals surface area contributed by atoms with Crippen molar-refractivity contribution in [2.24, 2.45) is 5.92 Å². The van der Waals surface area contributed by atoms with E-state index in [2.05, 4.69) is 26.8 Å². The molecule has 0 spiro atoms. The molecule has 1 saturated heterocycles. The molecule has 0 bridgehead atoms. The maximum Gasteiger partial charge on any atom is 0.350 e. The Labute approximate surface area is 167 Å². The molecule has 1 fully saturated rings. The first kappa shape index (κ1) is 18.9. The van der Waals surface area contributed by atoms with Gasteiger partial charge in [0.2, 0.25) is 5.91 Å². The molecule has 8 heteroatoms. The van der Waals surface area contributed by atoms with Crippen LogP contribution in [0.15, 0.2) is 46.7 Å². The number of aromatic nitrogens is 3. The molecule has 4 rings (SSSR count). The Morgan fingerprint density at radius 2 is 2.04 bits per heavy atom. The summed E-state index contributed by atoms with van der Waals surface area (Å²) < 4.78 is 3.09. The molecule has 28 heavy (non-hydrogen) atoms. The van der Waals surface area contributed by atoms with E-state index in [1.54, 1.807) is 21.9 Å². The third kappa shape index (κ3) is 4.34. The fraction of sp³-hybridized carbons (Fsp3) is 0.450. The van der Waals surface area contributed by atoms with Crippen molar-refractivity contribution in [1.82, 2.24) is 24.4 Å². The van der Waals surface area contributed by atoms with E-state index >= 15 is 0 Å². The van der Waals surface area contributed by atoms with Crippen LogP contribution in [0.5, 0.6) is 0 Å².